The van der Waals surface area contributed by atoms with Crippen molar-refractivity contribution in [1.29, 1.82) is 0 Å². The molecule has 2 heterocycles. The molecule has 1 N–H and O–H groups in total. The molecule has 2 aliphatic rings. The van der Waals surface area contributed by atoms with E-state index in [9.17, 15) is 0 Å². The van der Waals surface area contributed by atoms with Crippen LogP contribution in [-0.4, -0.2) is 12.1 Å². The molecule has 2 aromatic carbocycles. The maximum Gasteiger partial charge on any atom is 0.0255 e. The highest BCUT2D eigenvalue weighted by molar-refractivity contribution is 5.63. The Kier molecular flexibility index (Phi) is 3.82. The molecule has 0 aromatic heterocycles. The molecule has 1 fully saturated rings. The molecule has 1 nitrogen and oxygen atoms in total. The summed E-state index contributed by atoms with van der Waals surface area (Å²) in [5.41, 5.74) is 5.66. The number of benzene rings is 2. The first-order chi connectivity index (χ1) is 10.9. The van der Waals surface area contributed by atoms with Gasteiger partial charge in [0.15, 0.2) is 0 Å². The Balaban J connectivity index is 1.49. The molecule has 2 aliphatic heterocycles. The van der Waals surface area contributed by atoms with Crippen molar-refractivity contribution in [3.8, 4) is 11.1 Å². The van der Waals surface area contributed by atoms with Crippen molar-refractivity contribution in [1.82, 2.24) is 5.32 Å². The topological polar surface area (TPSA) is 12.0 Å². The number of fused-ring (bicyclic) bond motifs is 2. The summed E-state index contributed by atoms with van der Waals surface area (Å²) in [4.78, 5) is 0. The molecule has 0 spiro atoms. The van der Waals surface area contributed by atoms with Crippen LogP contribution in [0, 0.1) is 0 Å². The van der Waals surface area contributed by atoms with Crippen molar-refractivity contribution in [2.75, 3.05) is 0 Å². The van der Waals surface area contributed by atoms with Crippen LogP contribution >= 0.6 is 0 Å². The van der Waals surface area contributed by atoms with Crippen LogP contribution in [0.1, 0.15) is 31.2 Å². The molecule has 2 atom stereocenters. The second kappa shape index (κ2) is 6.10. The summed E-state index contributed by atoms with van der Waals surface area (Å²) in [5, 5.41) is 3.72. The smallest absolute Gasteiger partial charge is 0.0255 e. The zero-order chi connectivity index (χ0) is 14.8. The van der Waals surface area contributed by atoms with Gasteiger partial charge in [0.1, 0.15) is 0 Å². The Hall–Kier alpha value is -1.86. The van der Waals surface area contributed by atoms with Crippen molar-refractivity contribution >= 4 is 0 Å². The van der Waals surface area contributed by atoms with Gasteiger partial charge in [-0.1, -0.05) is 72.7 Å². The molecule has 22 heavy (non-hydrogen) atoms. The average Bonchev–Trinajstić information content (AvgIpc) is 2.56. The third-order valence-corrected chi connectivity index (χ3v) is 4.96. The molecule has 0 radical (unpaired) electrons. The van der Waals surface area contributed by atoms with E-state index in [0.29, 0.717) is 6.04 Å². The van der Waals surface area contributed by atoms with Gasteiger partial charge in [0.05, 0.1) is 0 Å². The predicted molar refractivity (Wildman–Crippen MR) is 92.8 cm³/mol. The lowest BCUT2D eigenvalue weighted by atomic mass is 9.85. The van der Waals surface area contributed by atoms with Crippen LogP contribution in [0.15, 0.2) is 66.2 Å². The van der Waals surface area contributed by atoms with E-state index in [4.69, 9.17) is 0 Å². The molecule has 2 unspecified atom stereocenters. The van der Waals surface area contributed by atoms with E-state index in [1.54, 1.807) is 5.57 Å². The molecule has 1 saturated heterocycles. The van der Waals surface area contributed by atoms with Crippen molar-refractivity contribution in [3.05, 3.63) is 71.8 Å². The van der Waals surface area contributed by atoms with E-state index in [0.717, 1.165) is 12.5 Å². The Morgan fingerprint density at radius 2 is 1.64 bits per heavy atom. The Morgan fingerprint density at radius 3 is 2.41 bits per heavy atom. The molecule has 0 amide bonds. The molecule has 0 saturated carbocycles. The summed E-state index contributed by atoms with van der Waals surface area (Å²) < 4.78 is 0. The van der Waals surface area contributed by atoms with E-state index in [1.807, 2.05) is 0 Å². The summed E-state index contributed by atoms with van der Waals surface area (Å²) in [6.07, 6.45) is 8.88. The van der Waals surface area contributed by atoms with E-state index in [-0.39, 0.29) is 0 Å². The molecular formula is C21H23N. The first kappa shape index (κ1) is 13.8. The summed E-state index contributed by atoms with van der Waals surface area (Å²) in [5.74, 6) is 0. The van der Waals surface area contributed by atoms with Crippen LogP contribution in [-0.2, 0) is 6.42 Å². The summed E-state index contributed by atoms with van der Waals surface area (Å²) >= 11 is 0. The standard InChI is InChI=1S/C21H23N/c1-2-5-18(6-3-1)19-11-9-16(10-12-19)13-17-14-20-7-4-8-21(15-17)22-20/h1-3,5-6,9-12,14,20-22H,4,7-8,13,15H2. The number of rotatable bonds is 3. The van der Waals surface area contributed by atoms with Crippen molar-refractivity contribution in [2.24, 2.45) is 0 Å². The quantitative estimate of drug-likeness (QED) is 0.805. The van der Waals surface area contributed by atoms with Crippen molar-refractivity contribution < 1.29 is 0 Å². The van der Waals surface area contributed by atoms with Gasteiger partial charge in [-0.2, -0.15) is 0 Å². The van der Waals surface area contributed by atoms with Gasteiger partial charge < -0.3 is 5.32 Å². The van der Waals surface area contributed by atoms with Gasteiger partial charge in [-0.05, 0) is 42.4 Å². The van der Waals surface area contributed by atoms with Gasteiger partial charge >= 0.3 is 0 Å². The van der Waals surface area contributed by atoms with E-state index >= 15 is 0 Å². The second-order valence-electron chi connectivity index (χ2n) is 6.67. The molecule has 112 valence electrons. The van der Waals surface area contributed by atoms with Crippen molar-refractivity contribution in [3.63, 3.8) is 0 Å². The summed E-state index contributed by atoms with van der Waals surface area (Å²) in [7, 11) is 0. The zero-order valence-corrected chi connectivity index (χ0v) is 13.0. The van der Waals surface area contributed by atoms with Gasteiger partial charge in [0.2, 0.25) is 0 Å². The zero-order valence-electron chi connectivity index (χ0n) is 13.0. The average molecular weight is 289 g/mol. The largest absolute Gasteiger partial charge is 0.307 e. The van der Waals surface area contributed by atoms with E-state index in [1.165, 1.54) is 42.4 Å². The number of piperidine rings is 1. The SMILES string of the molecule is C1=C(Cc2ccc(-c3ccccc3)cc2)CC2CCCC1N2. The highest BCUT2D eigenvalue weighted by atomic mass is 15.0. The van der Waals surface area contributed by atoms with Gasteiger partial charge in [0.25, 0.3) is 0 Å². The Morgan fingerprint density at radius 1 is 0.864 bits per heavy atom. The minimum Gasteiger partial charge on any atom is -0.307 e. The molecule has 1 heteroatoms. The first-order valence-corrected chi connectivity index (χ1v) is 8.47. The van der Waals surface area contributed by atoms with Crippen LogP contribution in [0.2, 0.25) is 0 Å². The molecule has 2 bridgehead atoms. The molecular weight excluding hydrogens is 266 g/mol. The van der Waals surface area contributed by atoms with Gasteiger partial charge in [-0.3, -0.25) is 0 Å². The van der Waals surface area contributed by atoms with Crippen LogP contribution < -0.4 is 5.32 Å². The fraction of sp³-hybridized carbons (Fsp3) is 0.333. The van der Waals surface area contributed by atoms with Gasteiger partial charge in [0, 0.05) is 12.1 Å². The third-order valence-electron chi connectivity index (χ3n) is 4.96. The minimum atomic E-state index is 0.631. The second-order valence-corrected chi connectivity index (χ2v) is 6.67. The lowest BCUT2D eigenvalue weighted by Crippen LogP contribution is -2.44. The maximum absolute atomic E-state index is 3.72. The van der Waals surface area contributed by atoms with Crippen LogP contribution in [0.5, 0.6) is 0 Å². The lowest BCUT2D eigenvalue weighted by molar-refractivity contribution is 0.333. The number of nitrogens with one attached hydrogen (secondary N) is 1. The summed E-state index contributed by atoms with van der Waals surface area (Å²) in [6.45, 7) is 0. The Labute approximate surface area is 133 Å². The van der Waals surface area contributed by atoms with Crippen LogP contribution in [0.4, 0.5) is 0 Å². The molecule has 2 aromatic rings. The predicted octanol–water partition coefficient (Wildman–Crippen LogP) is 4.74. The number of hydrogen-bond donors (Lipinski definition) is 1. The normalized spacial score (nSPS) is 23.9. The highest BCUT2D eigenvalue weighted by Crippen LogP contribution is 2.27. The lowest BCUT2D eigenvalue weighted by Gasteiger charge is -2.35. The third kappa shape index (κ3) is 3.00. The van der Waals surface area contributed by atoms with Gasteiger partial charge in [-0.25, -0.2) is 0 Å². The van der Waals surface area contributed by atoms with Crippen LogP contribution in [0.3, 0.4) is 0 Å². The minimum absolute atomic E-state index is 0.631. The van der Waals surface area contributed by atoms with Crippen LogP contribution in [0.25, 0.3) is 11.1 Å². The Bertz CT molecular complexity index is 654. The van der Waals surface area contributed by atoms with Gasteiger partial charge in [-0.15, -0.1) is 0 Å². The number of hydrogen-bond acceptors (Lipinski definition) is 1. The van der Waals surface area contributed by atoms with E-state index < -0.39 is 0 Å². The fourth-order valence-electron chi connectivity index (χ4n) is 3.85. The maximum atomic E-state index is 3.72. The first-order valence-electron chi connectivity index (χ1n) is 8.47. The molecule has 0 aliphatic carbocycles. The fourth-order valence-corrected chi connectivity index (χ4v) is 3.85. The van der Waals surface area contributed by atoms with Crippen molar-refractivity contribution in [2.45, 2.75) is 44.2 Å². The highest BCUT2D eigenvalue weighted by Gasteiger charge is 2.25. The summed E-state index contributed by atoms with van der Waals surface area (Å²) in [6, 6.07) is 21.1. The molecule has 4 rings (SSSR count). The van der Waals surface area contributed by atoms with E-state index in [2.05, 4.69) is 66.0 Å². The monoisotopic (exact) mass is 289 g/mol.